The average Bonchev–Trinajstić information content (AvgIpc) is 2.33. The van der Waals surface area contributed by atoms with Crippen LogP contribution in [0, 0.1) is 6.92 Å². The molecule has 0 saturated carbocycles. The predicted octanol–water partition coefficient (Wildman–Crippen LogP) is 4.11. The number of piperidine rings is 1. The highest BCUT2D eigenvalue weighted by molar-refractivity contribution is 5.30. The number of aliphatic hydroxyl groups excluding tert-OH is 1. The maximum absolute atomic E-state index is 10.2. The molecule has 2 heteroatoms. The second-order valence-electron chi connectivity index (χ2n) is 7.48. The minimum absolute atomic E-state index is 0.0802. The van der Waals surface area contributed by atoms with Crippen LogP contribution in [0.2, 0.25) is 0 Å². The Morgan fingerprint density at radius 3 is 2.05 bits per heavy atom. The molecule has 1 aromatic rings. The van der Waals surface area contributed by atoms with Crippen molar-refractivity contribution in [3.8, 4) is 0 Å². The second-order valence-corrected chi connectivity index (χ2v) is 7.48. The van der Waals surface area contributed by atoms with Gasteiger partial charge < -0.3 is 5.11 Å². The lowest BCUT2D eigenvalue weighted by atomic mass is 9.76. The molecule has 0 spiro atoms. The van der Waals surface area contributed by atoms with E-state index in [4.69, 9.17) is 0 Å². The molecule has 1 N–H and O–H groups in total. The van der Waals surface area contributed by atoms with E-state index in [0.29, 0.717) is 0 Å². The normalized spacial score (nSPS) is 23.7. The molecule has 0 bridgehead atoms. The Bertz CT molecular complexity index is 483. The topological polar surface area (TPSA) is 23.5 Å². The summed E-state index contributed by atoms with van der Waals surface area (Å²) in [6, 6.07) is 8.50. The third-order valence-corrected chi connectivity index (χ3v) is 4.60. The van der Waals surface area contributed by atoms with Crippen LogP contribution in [-0.2, 0) is 0 Å². The monoisotopic (exact) mass is 286 g/mol. The van der Waals surface area contributed by atoms with Crippen molar-refractivity contribution in [2.75, 3.05) is 0 Å². The van der Waals surface area contributed by atoms with Gasteiger partial charge in [-0.2, -0.15) is 0 Å². The van der Waals surface area contributed by atoms with E-state index in [2.05, 4.69) is 58.2 Å². The van der Waals surface area contributed by atoms with E-state index >= 15 is 0 Å². The molecule has 0 amide bonds. The van der Waals surface area contributed by atoms with E-state index in [1.54, 1.807) is 0 Å². The van der Waals surface area contributed by atoms with Crippen LogP contribution in [0.1, 0.15) is 57.7 Å². The summed E-state index contributed by atoms with van der Waals surface area (Å²) < 4.78 is 0. The van der Waals surface area contributed by atoms with E-state index in [9.17, 15) is 5.11 Å². The van der Waals surface area contributed by atoms with Crippen LogP contribution in [0.5, 0.6) is 0 Å². The lowest BCUT2D eigenvalue weighted by Crippen LogP contribution is -2.62. The molecule has 1 atom stereocenters. The first kappa shape index (κ1) is 16.3. The largest absolute Gasteiger partial charge is 0.393 e. The summed E-state index contributed by atoms with van der Waals surface area (Å²) in [6.45, 7) is 16.9. The lowest BCUT2D eigenvalue weighted by molar-refractivity contribution is -0.0964. The van der Waals surface area contributed by atoms with Crippen LogP contribution in [0.3, 0.4) is 0 Å². The average molecular weight is 286 g/mol. The van der Waals surface area contributed by atoms with Gasteiger partial charge in [0.05, 0.1) is 12.1 Å². The fourth-order valence-corrected chi connectivity index (χ4v) is 4.10. The molecule has 1 aliphatic heterocycles. The molecule has 115 valence electrons. The molecule has 1 radical (unpaired) electrons. The molecule has 2 rings (SSSR count). The molecule has 1 unspecified atom stereocenters. The van der Waals surface area contributed by atoms with Gasteiger partial charge in [0.1, 0.15) is 0 Å². The first-order valence-corrected chi connectivity index (χ1v) is 7.69. The smallest absolute Gasteiger partial charge is 0.0575 e. The van der Waals surface area contributed by atoms with Gasteiger partial charge in [-0.25, -0.2) is 0 Å². The SMILES string of the molecule is [CH2]c1ccc(C(C=C)N2C(C)(C)CC(O)CC2(C)C)cc1. The van der Waals surface area contributed by atoms with Gasteiger partial charge in [0, 0.05) is 11.1 Å². The van der Waals surface area contributed by atoms with Gasteiger partial charge >= 0.3 is 0 Å². The molecular weight excluding hydrogens is 258 g/mol. The van der Waals surface area contributed by atoms with Gasteiger partial charge in [0.15, 0.2) is 0 Å². The highest BCUT2D eigenvalue weighted by Gasteiger charge is 2.47. The van der Waals surface area contributed by atoms with E-state index in [1.165, 1.54) is 5.56 Å². The minimum atomic E-state index is -0.237. The third kappa shape index (κ3) is 3.22. The molecule has 1 saturated heterocycles. The van der Waals surface area contributed by atoms with Crippen molar-refractivity contribution in [3.63, 3.8) is 0 Å². The van der Waals surface area contributed by atoms with Crippen molar-refractivity contribution in [1.29, 1.82) is 0 Å². The lowest BCUT2D eigenvalue weighted by Gasteiger charge is -2.57. The third-order valence-electron chi connectivity index (χ3n) is 4.60. The van der Waals surface area contributed by atoms with Crippen molar-refractivity contribution in [1.82, 2.24) is 4.90 Å². The molecular formula is C19H28NO. The number of likely N-dealkylation sites (tertiary alicyclic amines) is 1. The number of hydrogen-bond donors (Lipinski definition) is 1. The Kier molecular flexibility index (Phi) is 4.32. The summed E-state index contributed by atoms with van der Waals surface area (Å²) in [7, 11) is 0. The van der Waals surface area contributed by atoms with Crippen molar-refractivity contribution >= 4 is 0 Å². The van der Waals surface area contributed by atoms with Crippen LogP contribution in [0.15, 0.2) is 36.9 Å². The maximum Gasteiger partial charge on any atom is 0.0575 e. The van der Waals surface area contributed by atoms with Gasteiger partial charge in [0.2, 0.25) is 0 Å². The minimum Gasteiger partial charge on any atom is -0.393 e. The maximum atomic E-state index is 10.2. The van der Waals surface area contributed by atoms with E-state index < -0.39 is 0 Å². The zero-order valence-electron chi connectivity index (χ0n) is 13.8. The first-order chi connectivity index (χ1) is 9.67. The van der Waals surface area contributed by atoms with Crippen LogP contribution in [-0.4, -0.2) is 27.2 Å². The Morgan fingerprint density at radius 2 is 1.62 bits per heavy atom. The van der Waals surface area contributed by atoms with Crippen LogP contribution in [0.4, 0.5) is 0 Å². The quantitative estimate of drug-likeness (QED) is 0.845. The zero-order valence-corrected chi connectivity index (χ0v) is 13.8. The number of rotatable bonds is 3. The number of nitrogens with zero attached hydrogens (tertiary/aromatic N) is 1. The highest BCUT2D eigenvalue weighted by Crippen LogP contribution is 2.44. The van der Waals surface area contributed by atoms with Crippen molar-refractivity contribution in [3.05, 3.63) is 55.0 Å². The molecule has 1 heterocycles. The first-order valence-electron chi connectivity index (χ1n) is 7.69. The highest BCUT2D eigenvalue weighted by atomic mass is 16.3. The summed E-state index contributed by atoms with van der Waals surface area (Å²) in [5, 5.41) is 10.2. The molecule has 0 aliphatic carbocycles. The van der Waals surface area contributed by atoms with E-state index in [-0.39, 0.29) is 23.2 Å². The van der Waals surface area contributed by atoms with Crippen molar-refractivity contribution in [2.24, 2.45) is 0 Å². The fourth-order valence-electron chi connectivity index (χ4n) is 4.10. The molecule has 21 heavy (non-hydrogen) atoms. The number of aliphatic hydroxyl groups is 1. The Labute approximate surface area is 129 Å². The van der Waals surface area contributed by atoms with Gasteiger partial charge in [-0.15, -0.1) is 6.58 Å². The summed E-state index contributed by atoms with van der Waals surface area (Å²) in [4.78, 5) is 2.50. The fraction of sp³-hybridized carbons (Fsp3) is 0.526. The standard InChI is InChI=1S/C19H28NO/c1-7-17(15-10-8-14(2)9-11-15)20-18(3,4)12-16(21)13-19(20,5)6/h7-11,16-17,21H,1-2,12-13H2,3-6H3. The molecule has 1 aliphatic rings. The molecule has 2 nitrogen and oxygen atoms in total. The Morgan fingerprint density at radius 1 is 1.14 bits per heavy atom. The second kappa shape index (κ2) is 5.58. The molecule has 1 fully saturated rings. The summed E-state index contributed by atoms with van der Waals surface area (Å²) in [5.41, 5.74) is 2.09. The Hall–Kier alpha value is -1.12. The molecule has 1 aromatic carbocycles. The van der Waals surface area contributed by atoms with Gasteiger partial charge in [0.25, 0.3) is 0 Å². The zero-order chi connectivity index (χ0) is 15.8. The molecule has 0 aromatic heterocycles. The predicted molar refractivity (Wildman–Crippen MR) is 89.1 cm³/mol. The van der Waals surface area contributed by atoms with Gasteiger partial charge in [-0.1, -0.05) is 30.3 Å². The summed E-state index contributed by atoms with van der Waals surface area (Å²) >= 11 is 0. The van der Waals surface area contributed by atoms with Gasteiger partial charge in [-0.3, -0.25) is 4.90 Å². The number of benzene rings is 1. The Balaban J connectivity index is 2.43. The van der Waals surface area contributed by atoms with Crippen molar-refractivity contribution < 1.29 is 5.11 Å². The van der Waals surface area contributed by atoms with Crippen molar-refractivity contribution in [2.45, 2.75) is 63.8 Å². The van der Waals surface area contributed by atoms with Crippen LogP contribution >= 0.6 is 0 Å². The van der Waals surface area contributed by atoms with E-state index in [0.717, 1.165) is 18.4 Å². The van der Waals surface area contributed by atoms with Crippen LogP contribution in [0.25, 0.3) is 0 Å². The summed E-state index contributed by atoms with van der Waals surface area (Å²) in [6.07, 6.45) is 3.35. The van der Waals surface area contributed by atoms with Gasteiger partial charge in [-0.05, 0) is 58.6 Å². The number of hydrogen-bond acceptors (Lipinski definition) is 2. The summed E-state index contributed by atoms with van der Waals surface area (Å²) in [5.74, 6) is 0. The van der Waals surface area contributed by atoms with Crippen LogP contribution < -0.4 is 0 Å². The van der Waals surface area contributed by atoms with E-state index in [1.807, 2.05) is 18.2 Å².